The quantitative estimate of drug-likeness (QED) is 0.805. The first-order valence-corrected chi connectivity index (χ1v) is 7.83. The van der Waals surface area contributed by atoms with Crippen molar-refractivity contribution in [3.63, 3.8) is 0 Å². The van der Waals surface area contributed by atoms with Gasteiger partial charge >= 0.3 is 0 Å². The van der Waals surface area contributed by atoms with Gasteiger partial charge in [-0.2, -0.15) is 0 Å². The van der Waals surface area contributed by atoms with Crippen LogP contribution in [0.5, 0.6) is 0 Å². The maximum atomic E-state index is 8.51. The van der Waals surface area contributed by atoms with Crippen LogP contribution in [0.1, 0.15) is 24.5 Å². The van der Waals surface area contributed by atoms with Crippen LogP contribution in [0.15, 0.2) is 59.4 Å². The molecule has 1 aliphatic heterocycles. The van der Waals surface area contributed by atoms with Crippen molar-refractivity contribution in [2.75, 3.05) is 10.6 Å². The number of aromatic nitrogens is 1. The first-order valence-electron chi connectivity index (χ1n) is 7.83. The highest BCUT2D eigenvalue weighted by Crippen LogP contribution is 2.28. The number of amidine groups is 2. The highest BCUT2D eigenvalue weighted by Gasteiger charge is 2.30. The van der Waals surface area contributed by atoms with Crippen LogP contribution < -0.4 is 16.4 Å². The Hall–Kier alpha value is -2.99. The molecule has 0 saturated heterocycles. The number of allylic oxidation sites excluding steroid dienone is 1. The van der Waals surface area contributed by atoms with E-state index in [1.165, 1.54) is 0 Å². The van der Waals surface area contributed by atoms with Gasteiger partial charge in [-0.05, 0) is 36.2 Å². The lowest BCUT2D eigenvalue weighted by molar-refractivity contribution is 1.07. The smallest absolute Gasteiger partial charge is 0.157 e. The van der Waals surface area contributed by atoms with Gasteiger partial charge in [-0.15, -0.1) is 0 Å². The molecular weight excluding hydrogens is 300 g/mol. The maximum Gasteiger partial charge on any atom is 0.157 e. The number of nitrogen functional groups attached to an aromatic ring is 1. The predicted molar refractivity (Wildman–Crippen MR) is 98.1 cm³/mol. The molecule has 2 aromatic rings. The Labute approximate surface area is 141 Å². The van der Waals surface area contributed by atoms with E-state index >= 15 is 0 Å². The number of nitrogens with one attached hydrogen (secondary N) is 1. The summed E-state index contributed by atoms with van der Waals surface area (Å²) in [6, 6.07) is 11.5. The van der Waals surface area contributed by atoms with Crippen molar-refractivity contribution in [1.82, 2.24) is 4.98 Å². The van der Waals surface area contributed by atoms with Crippen molar-refractivity contribution < 1.29 is 0 Å². The second-order valence-electron chi connectivity index (χ2n) is 5.42. The highest BCUT2D eigenvalue weighted by atomic mass is 15.3. The number of benzene rings is 1. The zero-order valence-corrected chi connectivity index (χ0v) is 13.5. The molecular formula is C18H20N6. The average molecular weight is 320 g/mol. The molecule has 0 fully saturated rings. The van der Waals surface area contributed by atoms with Gasteiger partial charge in [0.15, 0.2) is 11.7 Å². The lowest BCUT2D eigenvalue weighted by Gasteiger charge is -2.21. The monoisotopic (exact) mass is 320 g/mol. The fourth-order valence-electron chi connectivity index (χ4n) is 2.59. The van der Waals surface area contributed by atoms with Crippen LogP contribution in [0.3, 0.4) is 0 Å². The fourth-order valence-corrected chi connectivity index (χ4v) is 2.59. The van der Waals surface area contributed by atoms with Crippen LogP contribution in [0.25, 0.3) is 0 Å². The number of rotatable bonds is 4. The zero-order valence-electron chi connectivity index (χ0n) is 13.5. The fraction of sp³-hybridized carbons (Fsp3) is 0.167. The molecule has 0 bridgehead atoms. The minimum absolute atomic E-state index is 0.329. The first-order chi connectivity index (χ1) is 11.7. The van der Waals surface area contributed by atoms with Gasteiger partial charge in [0.05, 0.1) is 5.56 Å². The lowest BCUT2D eigenvalue weighted by atomic mass is 10.1. The van der Waals surface area contributed by atoms with Crippen molar-refractivity contribution >= 4 is 23.2 Å². The highest BCUT2D eigenvalue weighted by molar-refractivity contribution is 6.33. The Bertz CT molecular complexity index is 820. The molecule has 0 amide bonds. The molecule has 0 atom stereocenters. The summed E-state index contributed by atoms with van der Waals surface area (Å²) in [7, 11) is 0. The molecule has 5 N–H and O–H groups in total. The molecule has 0 spiro atoms. The van der Waals surface area contributed by atoms with Gasteiger partial charge in [0.2, 0.25) is 0 Å². The van der Waals surface area contributed by atoms with Crippen molar-refractivity contribution in [2.45, 2.75) is 19.9 Å². The van der Waals surface area contributed by atoms with Gasteiger partial charge < -0.3 is 11.5 Å². The number of pyridine rings is 1. The molecule has 0 unspecified atom stereocenters. The summed E-state index contributed by atoms with van der Waals surface area (Å²) >= 11 is 0. The number of aliphatic imine (C=N–C) groups is 1. The van der Waals surface area contributed by atoms with Crippen molar-refractivity contribution in [3.8, 4) is 0 Å². The van der Waals surface area contributed by atoms with E-state index in [1.807, 2.05) is 49.4 Å². The minimum Gasteiger partial charge on any atom is -0.383 e. The Balaban J connectivity index is 2.11. The topological polar surface area (TPSA) is 104 Å². The van der Waals surface area contributed by atoms with Crippen LogP contribution in [0.2, 0.25) is 0 Å². The molecule has 1 aliphatic rings. The van der Waals surface area contributed by atoms with Crippen LogP contribution in [0, 0.1) is 5.41 Å². The standard InChI is InChI=1S/C18H20N6/c1-2-4-15-17(21)24(13-8-6-12(11-19)7-9-13)18(23-15)14-5-3-10-22-16(14)20/h3-10,21H,2,11,19H2,1H3,(H2,20,22)/b15-4+,21-17?. The van der Waals surface area contributed by atoms with Crippen molar-refractivity contribution in [3.05, 3.63) is 65.5 Å². The molecule has 2 heterocycles. The van der Waals surface area contributed by atoms with Gasteiger partial charge in [-0.1, -0.05) is 25.1 Å². The minimum atomic E-state index is 0.329. The van der Waals surface area contributed by atoms with Crippen molar-refractivity contribution in [1.29, 1.82) is 5.41 Å². The number of nitrogens with zero attached hydrogens (tertiary/aromatic N) is 3. The van der Waals surface area contributed by atoms with E-state index < -0.39 is 0 Å². The molecule has 6 heteroatoms. The summed E-state index contributed by atoms with van der Waals surface area (Å²) in [5, 5.41) is 8.51. The predicted octanol–water partition coefficient (Wildman–Crippen LogP) is 2.66. The zero-order chi connectivity index (χ0) is 17.1. The molecule has 0 aliphatic carbocycles. The third-order valence-electron chi connectivity index (χ3n) is 3.81. The molecule has 122 valence electrons. The Kier molecular flexibility index (Phi) is 4.39. The molecule has 1 aromatic heterocycles. The molecule has 0 radical (unpaired) electrons. The third-order valence-corrected chi connectivity index (χ3v) is 3.81. The van der Waals surface area contributed by atoms with Gasteiger partial charge in [-0.25, -0.2) is 9.98 Å². The summed E-state index contributed by atoms with van der Waals surface area (Å²) < 4.78 is 0. The third kappa shape index (κ3) is 2.79. The van der Waals surface area contributed by atoms with Crippen LogP contribution in [-0.2, 0) is 6.54 Å². The van der Waals surface area contributed by atoms with Gasteiger partial charge in [-0.3, -0.25) is 10.3 Å². The summed E-state index contributed by atoms with van der Waals surface area (Å²) in [4.78, 5) is 10.6. The average Bonchev–Trinajstić information content (AvgIpc) is 2.92. The summed E-state index contributed by atoms with van der Waals surface area (Å²) in [6.45, 7) is 2.50. The summed E-state index contributed by atoms with van der Waals surface area (Å²) in [6.07, 6.45) is 4.38. The van der Waals surface area contributed by atoms with Gasteiger partial charge in [0.25, 0.3) is 0 Å². The summed E-state index contributed by atoms with van der Waals surface area (Å²) in [5.41, 5.74) is 14.9. The second kappa shape index (κ2) is 6.64. The van der Waals surface area contributed by atoms with Crippen molar-refractivity contribution in [2.24, 2.45) is 10.7 Å². The number of hydrogen-bond acceptors (Lipinski definition) is 5. The molecule has 1 aromatic carbocycles. The van der Waals surface area contributed by atoms with E-state index in [2.05, 4.69) is 9.98 Å². The van der Waals surface area contributed by atoms with Crippen LogP contribution in [-0.4, -0.2) is 16.7 Å². The second-order valence-corrected chi connectivity index (χ2v) is 5.42. The Morgan fingerprint density at radius 3 is 2.58 bits per heavy atom. The Morgan fingerprint density at radius 2 is 1.96 bits per heavy atom. The summed E-state index contributed by atoms with van der Waals surface area (Å²) in [5.74, 6) is 1.34. The van der Waals surface area contributed by atoms with Gasteiger partial charge in [0, 0.05) is 18.4 Å². The maximum absolute atomic E-state index is 8.51. The van der Waals surface area contributed by atoms with Crippen LogP contribution in [0.4, 0.5) is 11.5 Å². The Morgan fingerprint density at radius 1 is 1.21 bits per heavy atom. The molecule has 3 rings (SSSR count). The molecule has 6 nitrogen and oxygen atoms in total. The van der Waals surface area contributed by atoms with E-state index in [1.54, 1.807) is 11.1 Å². The normalized spacial score (nSPS) is 15.9. The number of anilines is 2. The SMILES string of the molecule is CC/C=C1/N=C(c2cccnc2N)N(c2ccc(CN)cc2)C1=N. The van der Waals surface area contributed by atoms with E-state index in [-0.39, 0.29) is 0 Å². The van der Waals surface area contributed by atoms with Gasteiger partial charge in [0.1, 0.15) is 11.5 Å². The lowest BCUT2D eigenvalue weighted by Crippen LogP contribution is -2.32. The first kappa shape index (κ1) is 15.9. The van der Waals surface area contributed by atoms with E-state index in [9.17, 15) is 0 Å². The van der Waals surface area contributed by atoms with Crippen LogP contribution >= 0.6 is 0 Å². The number of hydrogen-bond donors (Lipinski definition) is 3. The molecule has 24 heavy (non-hydrogen) atoms. The van der Waals surface area contributed by atoms with E-state index in [0.717, 1.165) is 17.7 Å². The largest absolute Gasteiger partial charge is 0.383 e. The van der Waals surface area contributed by atoms with E-state index in [4.69, 9.17) is 16.9 Å². The molecule has 0 saturated carbocycles. The van der Waals surface area contributed by atoms with E-state index in [0.29, 0.717) is 35.3 Å². The number of nitrogens with two attached hydrogens (primary N) is 2.